The van der Waals surface area contributed by atoms with Crippen molar-refractivity contribution in [2.24, 2.45) is 0 Å². The Kier molecular flexibility index (Phi) is 5.72. The molecule has 0 fully saturated rings. The van der Waals surface area contributed by atoms with E-state index in [9.17, 15) is 4.79 Å². The van der Waals surface area contributed by atoms with Gasteiger partial charge >= 0.3 is 0 Å². The predicted molar refractivity (Wildman–Crippen MR) is 88.7 cm³/mol. The van der Waals surface area contributed by atoms with Crippen molar-refractivity contribution >= 4 is 29.0 Å². The van der Waals surface area contributed by atoms with Crippen molar-refractivity contribution in [3.05, 3.63) is 46.9 Å². The van der Waals surface area contributed by atoms with Gasteiger partial charge in [-0.05, 0) is 31.0 Å². The number of amides is 1. The van der Waals surface area contributed by atoms with E-state index in [4.69, 9.17) is 11.6 Å². The number of anilines is 2. The molecule has 1 amide bonds. The normalized spacial score (nSPS) is 10.3. The third kappa shape index (κ3) is 4.18. The number of carbonyl (C=O) groups excluding carboxylic acids is 1. The maximum Gasteiger partial charge on any atom is 0.271 e. The first kappa shape index (κ1) is 16.2. The Morgan fingerprint density at radius 2 is 2.09 bits per heavy atom. The summed E-state index contributed by atoms with van der Waals surface area (Å²) in [5.41, 5.74) is 2.11. The highest BCUT2D eigenvalue weighted by Crippen LogP contribution is 2.25. The first-order chi connectivity index (χ1) is 10.6. The van der Waals surface area contributed by atoms with E-state index in [1.54, 1.807) is 0 Å². The summed E-state index contributed by atoms with van der Waals surface area (Å²) in [6.07, 6.45) is 4.99. The maximum atomic E-state index is 11.8. The smallest absolute Gasteiger partial charge is 0.271 e. The monoisotopic (exact) mass is 318 g/mol. The summed E-state index contributed by atoms with van der Waals surface area (Å²) in [6, 6.07) is 5.60. The number of rotatable bonds is 6. The van der Waals surface area contributed by atoms with Crippen LogP contribution in [0.1, 0.15) is 35.8 Å². The molecule has 1 aromatic carbocycles. The van der Waals surface area contributed by atoms with Gasteiger partial charge in [0, 0.05) is 17.3 Å². The van der Waals surface area contributed by atoms with E-state index in [0.29, 0.717) is 23.1 Å². The molecule has 116 valence electrons. The summed E-state index contributed by atoms with van der Waals surface area (Å²) in [5.74, 6) is 0.363. The topological polar surface area (TPSA) is 66.9 Å². The van der Waals surface area contributed by atoms with Crippen LogP contribution in [0, 0.1) is 6.92 Å². The Bertz CT molecular complexity index is 643. The molecule has 2 rings (SSSR count). The molecule has 0 aliphatic carbocycles. The zero-order chi connectivity index (χ0) is 15.9. The molecular formula is C16H19ClN4O. The summed E-state index contributed by atoms with van der Waals surface area (Å²) < 4.78 is 0. The van der Waals surface area contributed by atoms with Crippen LogP contribution in [0.15, 0.2) is 30.6 Å². The van der Waals surface area contributed by atoms with Crippen LogP contribution in [0.25, 0.3) is 0 Å². The second-order valence-electron chi connectivity index (χ2n) is 4.93. The molecule has 0 spiro atoms. The van der Waals surface area contributed by atoms with Crippen LogP contribution in [-0.4, -0.2) is 22.4 Å². The molecule has 1 aromatic heterocycles. The molecule has 22 heavy (non-hydrogen) atoms. The zero-order valence-electron chi connectivity index (χ0n) is 12.7. The summed E-state index contributed by atoms with van der Waals surface area (Å²) in [7, 11) is 0. The molecule has 2 aromatic rings. The first-order valence-corrected chi connectivity index (χ1v) is 7.62. The second-order valence-corrected chi connectivity index (χ2v) is 5.34. The Morgan fingerprint density at radius 1 is 1.27 bits per heavy atom. The van der Waals surface area contributed by atoms with Gasteiger partial charge in [-0.15, -0.1) is 0 Å². The molecule has 6 heteroatoms. The minimum Gasteiger partial charge on any atom is -0.351 e. The van der Waals surface area contributed by atoms with Gasteiger partial charge < -0.3 is 10.6 Å². The van der Waals surface area contributed by atoms with Crippen molar-refractivity contribution < 1.29 is 4.79 Å². The third-order valence-corrected chi connectivity index (χ3v) is 3.64. The average molecular weight is 319 g/mol. The molecule has 5 nitrogen and oxygen atoms in total. The third-order valence-electron chi connectivity index (χ3n) is 3.23. The van der Waals surface area contributed by atoms with Crippen molar-refractivity contribution in [1.29, 1.82) is 0 Å². The van der Waals surface area contributed by atoms with Crippen LogP contribution in [0.5, 0.6) is 0 Å². The van der Waals surface area contributed by atoms with Gasteiger partial charge in [0.1, 0.15) is 11.5 Å². The Morgan fingerprint density at radius 3 is 2.77 bits per heavy atom. The second kappa shape index (κ2) is 7.75. The minimum atomic E-state index is -0.202. The number of nitrogens with zero attached hydrogens (tertiary/aromatic N) is 2. The van der Waals surface area contributed by atoms with Crippen LogP contribution in [0.2, 0.25) is 5.02 Å². The summed E-state index contributed by atoms with van der Waals surface area (Å²) in [6.45, 7) is 4.65. The van der Waals surface area contributed by atoms with Gasteiger partial charge in [0.25, 0.3) is 5.91 Å². The quantitative estimate of drug-likeness (QED) is 0.797. The lowest BCUT2D eigenvalue weighted by Gasteiger charge is -2.10. The predicted octanol–water partition coefficient (Wildman–Crippen LogP) is 3.71. The molecule has 0 radical (unpaired) electrons. The van der Waals surface area contributed by atoms with E-state index in [1.807, 2.05) is 25.1 Å². The number of halogens is 1. The average Bonchev–Trinajstić information content (AvgIpc) is 2.53. The highest BCUT2D eigenvalue weighted by Gasteiger charge is 2.08. The van der Waals surface area contributed by atoms with Crippen molar-refractivity contribution in [1.82, 2.24) is 15.3 Å². The van der Waals surface area contributed by atoms with Gasteiger partial charge in [-0.2, -0.15) is 0 Å². The van der Waals surface area contributed by atoms with Crippen LogP contribution >= 0.6 is 11.6 Å². The number of aromatic nitrogens is 2. The number of unbranched alkanes of at least 4 members (excludes halogenated alkanes) is 1. The highest BCUT2D eigenvalue weighted by molar-refractivity contribution is 6.31. The molecule has 2 N–H and O–H groups in total. The van der Waals surface area contributed by atoms with Crippen LogP contribution in [0.3, 0.4) is 0 Å². The van der Waals surface area contributed by atoms with Crippen molar-refractivity contribution in [3.8, 4) is 0 Å². The van der Waals surface area contributed by atoms with Crippen molar-refractivity contribution in [2.45, 2.75) is 26.7 Å². The molecule has 0 aliphatic heterocycles. The molecule has 0 bridgehead atoms. The lowest BCUT2D eigenvalue weighted by Crippen LogP contribution is -2.25. The summed E-state index contributed by atoms with van der Waals surface area (Å²) in [4.78, 5) is 20.2. The Balaban J connectivity index is 2.03. The van der Waals surface area contributed by atoms with E-state index in [0.717, 1.165) is 24.1 Å². The molecular weight excluding hydrogens is 300 g/mol. The van der Waals surface area contributed by atoms with Crippen molar-refractivity contribution in [2.75, 3.05) is 11.9 Å². The number of benzene rings is 1. The summed E-state index contributed by atoms with van der Waals surface area (Å²) >= 11 is 6.08. The van der Waals surface area contributed by atoms with Gasteiger partial charge in [-0.1, -0.05) is 31.0 Å². The van der Waals surface area contributed by atoms with E-state index in [2.05, 4.69) is 27.5 Å². The molecule has 0 atom stereocenters. The number of nitrogens with one attached hydrogen (secondary N) is 2. The van der Waals surface area contributed by atoms with Gasteiger partial charge in [-0.3, -0.25) is 4.79 Å². The molecule has 0 aliphatic rings. The van der Waals surface area contributed by atoms with Crippen molar-refractivity contribution in [3.63, 3.8) is 0 Å². The van der Waals surface area contributed by atoms with Crippen LogP contribution in [-0.2, 0) is 0 Å². The van der Waals surface area contributed by atoms with Crippen LogP contribution in [0.4, 0.5) is 11.5 Å². The lowest BCUT2D eigenvalue weighted by atomic mass is 10.2. The van der Waals surface area contributed by atoms with E-state index in [1.165, 1.54) is 12.4 Å². The van der Waals surface area contributed by atoms with E-state index >= 15 is 0 Å². The lowest BCUT2D eigenvalue weighted by molar-refractivity contribution is 0.0948. The van der Waals surface area contributed by atoms with Gasteiger partial charge in [-0.25, -0.2) is 9.97 Å². The molecule has 0 saturated heterocycles. The largest absolute Gasteiger partial charge is 0.351 e. The first-order valence-electron chi connectivity index (χ1n) is 7.24. The fourth-order valence-electron chi connectivity index (χ4n) is 1.86. The van der Waals surface area contributed by atoms with Crippen LogP contribution < -0.4 is 10.6 Å². The molecule has 0 unspecified atom stereocenters. The molecule has 1 heterocycles. The minimum absolute atomic E-state index is 0.202. The Labute approximate surface area is 135 Å². The molecule has 0 saturated carbocycles. The van der Waals surface area contributed by atoms with Gasteiger partial charge in [0.05, 0.1) is 12.4 Å². The van der Waals surface area contributed by atoms with E-state index < -0.39 is 0 Å². The SMILES string of the molecule is CCCCNC(=O)c1cnc(Nc2cccc(Cl)c2C)cn1. The summed E-state index contributed by atoms with van der Waals surface area (Å²) in [5, 5.41) is 6.63. The van der Waals surface area contributed by atoms with Gasteiger partial charge in [0.15, 0.2) is 0 Å². The number of hydrogen-bond donors (Lipinski definition) is 2. The standard InChI is InChI=1S/C16H19ClN4O/c1-3-4-8-18-16(22)14-9-20-15(10-19-14)21-13-7-5-6-12(17)11(13)2/h5-7,9-10H,3-4,8H2,1-2H3,(H,18,22)(H,20,21). The maximum absolute atomic E-state index is 11.8. The number of carbonyl (C=O) groups is 1. The fourth-order valence-corrected chi connectivity index (χ4v) is 2.03. The zero-order valence-corrected chi connectivity index (χ0v) is 13.4. The fraction of sp³-hybridized carbons (Fsp3) is 0.312. The van der Waals surface area contributed by atoms with Gasteiger partial charge in [0.2, 0.25) is 0 Å². The Hall–Kier alpha value is -2.14. The van der Waals surface area contributed by atoms with E-state index in [-0.39, 0.29) is 5.91 Å². The number of hydrogen-bond acceptors (Lipinski definition) is 4. The highest BCUT2D eigenvalue weighted by atomic mass is 35.5.